The number of carbonyl (C=O) groups is 2. The molecule has 1 saturated heterocycles. The molecule has 3 aliphatic carbocycles. The number of hydrogen-bond acceptors (Lipinski definition) is 10. The Balaban J connectivity index is 0.000000156. The van der Waals surface area contributed by atoms with Crippen molar-refractivity contribution in [2.45, 2.75) is 57.5 Å². The zero-order valence-corrected chi connectivity index (χ0v) is 30.2. The Hall–Kier alpha value is -4.77. The highest BCUT2D eigenvalue weighted by atomic mass is 16.5. The van der Waals surface area contributed by atoms with Gasteiger partial charge in [-0.1, -0.05) is 61.5 Å². The maximum absolute atomic E-state index is 12.9. The summed E-state index contributed by atoms with van der Waals surface area (Å²) in [5.74, 6) is 1.14. The van der Waals surface area contributed by atoms with Crippen molar-refractivity contribution in [1.82, 2.24) is 0 Å². The van der Waals surface area contributed by atoms with E-state index in [1.807, 2.05) is 55.5 Å². The fourth-order valence-electron chi connectivity index (χ4n) is 9.81. The predicted octanol–water partition coefficient (Wildman–Crippen LogP) is 6.16. The number of Topliss-reactive ketones (excluding diaryl/α,β-unsaturated/α-hetero) is 1. The third-order valence-corrected chi connectivity index (χ3v) is 12.5. The van der Waals surface area contributed by atoms with Gasteiger partial charge in [0, 0.05) is 67.5 Å². The number of ether oxygens (including phenoxy) is 2. The Bertz CT molecular complexity index is 2190. The summed E-state index contributed by atoms with van der Waals surface area (Å²) in [5.41, 5.74) is 5.70. The smallest absolute Gasteiger partial charge is 0.342 e. The van der Waals surface area contributed by atoms with Crippen LogP contribution in [0.1, 0.15) is 61.2 Å². The third-order valence-electron chi connectivity index (χ3n) is 12.5. The number of ketones is 1. The van der Waals surface area contributed by atoms with E-state index in [0.717, 1.165) is 47.5 Å². The van der Waals surface area contributed by atoms with Crippen molar-refractivity contribution in [2.75, 3.05) is 44.4 Å². The summed E-state index contributed by atoms with van der Waals surface area (Å²) in [6.45, 7) is 10.8. The number of hydrogen-bond donors (Lipinski definition) is 2. The van der Waals surface area contributed by atoms with Crippen LogP contribution in [0.2, 0.25) is 0 Å². The SMILES string of the molecule is C=C(CO)[C@@H]1C[C@]2(C)C(=O)CCC2C2=C1[C@]1(C)c3c(coc3C2)C(=O)O[C@@H]1CCO.O=c1cc(N2CCOCC2)oc2c(-c3ccccc3)cccc12. The van der Waals surface area contributed by atoms with Gasteiger partial charge in [-0.05, 0) is 48.5 Å². The molecule has 53 heavy (non-hydrogen) atoms. The molecule has 5 aliphatic rings. The minimum absolute atomic E-state index is 0.00878. The molecule has 0 amide bonds. The van der Waals surface area contributed by atoms with Crippen molar-refractivity contribution >= 4 is 28.6 Å². The van der Waals surface area contributed by atoms with Crippen LogP contribution in [0.25, 0.3) is 22.1 Å². The summed E-state index contributed by atoms with van der Waals surface area (Å²) in [6.07, 6.45) is 3.76. The van der Waals surface area contributed by atoms with E-state index < -0.39 is 22.9 Å². The first-order chi connectivity index (χ1) is 25.6. The summed E-state index contributed by atoms with van der Waals surface area (Å²) in [5, 5.41) is 20.3. The van der Waals surface area contributed by atoms with Crippen LogP contribution in [0.4, 0.5) is 5.88 Å². The Kier molecular flexibility index (Phi) is 9.03. The number of rotatable bonds is 6. The predicted molar refractivity (Wildman–Crippen MR) is 199 cm³/mol. The molecule has 2 aliphatic heterocycles. The highest BCUT2D eigenvalue weighted by molar-refractivity contribution is 5.95. The van der Waals surface area contributed by atoms with Gasteiger partial charge in [-0.15, -0.1) is 0 Å². The molecular formula is C43H45NO9. The fraction of sp³-hybridized carbons (Fsp3) is 0.419. The molecule has 5 atom stereocenters. The van der Waals surface area contributed by atoms with Crippen LogP contribution in [0, 0.1) is 17.3 Å². The lowest BCUT2D eigenvalue weighted by Gasteiger charge is -2.53. The molecule has 2 fully saturated rings. The number of esters is 1. The lowest BCUT2D eigenvalue weighted by molar-refractivity contribution is -0.127. The van der Waals surface area contributed by atoms with Gasteiger partial charge in [0.2, 0.25) is 0 Å². The van der Waals surface area contributed by atoms with E-state index in [0.29, 0.717) is 66.9 Å². The summed E-state index contributed by atoms with van der Waals surface area (Å²) in [4.78, 5) is 40.1. The van der Waals surface area contributed by atoms with Crippen molar-refractivity contribution in [2.24, 2.45) is 17.3 Å². The van der Waals surface area contributed by atoms with Gasteiger partial charge in [0.05, 0.1) is 30.6 Å². The van der Waals surface area contributed by atoms with E-state index in [1.54, 1.807) is 6.07 Å². The Morgan fingerprint density at radius 2 is 1.77 bits per heavy atom. The standard InChI is InChI=1S/C24H28O6.C19H17NO3/c1-12(10-26)14-9-23(2)16(4-5-18(23)27)13-8-17-21-15(11-29-17)22(28)30-19(6-7-25)24(21,3)20(13)14;21-17-13-18(20-9-11-22-12-10-20)23-19-15(7-4-8-16(17)19)14-5-2-1-3-6-14/h11,14,16,19,25-26H,1,4-10H2,2-3H3;1-8,13H,9-12H2/t14-,16?,19+,23-,24+;/m0./s1. The second-order valence-electron chi connectivity index (χ2n) is 15.3. The number of aliphatic hydroxyl groups excluding tert-OH is 2. The van der Waals surface area contributed by atoms with E-state index in [4.69, 9.17) is 18.3 Å². The number of cyclic esters (lactones) is 1. The van der Waals surface area contributed by atoms with Crippen molar-refractivity contribution in [3.05, 3.63) is 111 Å². The number of morpholine rings is 1. The van der Waals surface area contributed by atoms with Crippen LogP contribution in [0.3, 0.4) is 0 Å². The molecule has 1 saturated carbocycles. The van der Waals surface area contributed by atoms with Crippen LogP contribution in [0.5, 0.6) is 0 Å². The van der Waals surface area contributed by atoms with E-state index >= 15 is 0 Å². The molecule has 10 nitrogen and oxygen atoms in total. The number of fused-ring (bicyclic) bond motifs is 4. The molecule has 2 N–H and O–H groups in total. The van der Waals surface area contributed by atoms with E-state index in [-0.39, 0.29) is 36.3 Å². The van der Waals surface area contributed by atoms with Gasteiger partial charge in [-0.25, -0.2) is 4.79 Å². The average Bonchev–Trinajstić information content (AvgIpc) is 3.75. The Morgan fingerprint density at radius 3 is 2.51 bits per heavy atom. The van der Waals surface area contributed by atoms with Crippen LogP contribution in [0.15, 0.2) is 97.8 Å². The largest absolute Gasteiger partial charge is 0.468 e. The number of aliphatic hydroxyl groups is 2. The van der Waals surface area contributed by atoms with Crippen molar-refractivity contribution in [1.29, 1.82) is 0 Å². The Morgan fingerprint density at radius 1 is 1.00 bits per heavy atom. The van der Waals surface area contributed by atoms with Gasteiger partial charge in [0.25, 0.3) is 0 Å². The first-order valence-electron chi connectivity index (χ1n) is 18.5. The summed E-state index contributed by atoms with van der Waals surface area (Å²) < 4.78 is 23.2. The topological polar surface area (TPSA) is 140 Å². The van der Waals surface area contributed by atoms with E-state index in [9.17, 15) is 24.6 Å². The molecule has 4 heterocycles. The molecular weight excluding hydrogens is 674 g/mol. The molecule has 10 heteroatoms. The number of carbonyl (C=O) groups excluding carboxylic acids is 2. The second kappa shape index (κ2) is 13.6. The number of benzene rings is 2. The Labute approximate surface area is 307 Å². The monoisotopic (exact) mass is 719 g/mol. The molecule has 0 spiro atoms. The number of furan rings is 1. The zero-order chi connectivity index (χ0) is 37.1. The molecule has 2 aromatic heterocycles. The first-order valence-corrected chi connectivity index (χ1v) is 18.5. The average molecular weight is 720 g/mol. The van der Waals surface area contributed by atoms with Crippen LogP contribution >= 0.6 is 0 Å². The quantitative estimate of drug-likeness (QED) is 0.176. The maximum Gasteiger partial charge on any atom is 0.342 e. The molecule has 0 bridgehead atoms. The lowest BCUT2D eigenvalue weighted by atomic mass is 9.51. The number of para-hydroxylation sites is 1. The highest BCUT2D eigenvalue weighted by Gasteiger charge is 2.61. The number of nitrogens with zero attached hydrogens (tertiary/aromatic N) is 1. The van der Waals surface area contributed by atoms with Crippen molar-refractivity contribution in [3.63, 3.8) is 0 Å². The van der Waals surface area contributed by atoms with E-state index in [2.05, 4.69) is 18.4 Å². The van der Waals surface area contributed by atoms with Crippen molar-refractivity contribution in [3.8, 4) is 11.1 Å². The fourth-order valence-corrected chi connectivity index (χ4v) is 9.81. The lowest BCUT2D eigenvalue weighted by Crippen LogP contribution is -2.53. The molecule has 9 rings (SSSR count). The minimum Gasteiger partial charge on any atom is -0.468 e. The van der Waals surface area contributed by atoms with Gasteiger partial charge >= 0.3 is 5.97 Å². The molecule has 4 aromatic rings. The van der Waals surface area contributed by atoms with E-state index in [1.165, 1.54) is 11.8 Å². The first kappa shape index (κ1) is 35.3. The summed E-state index contributed by atoms with van der Waals surface area (Å²) in [6, 6.07) is 17.3. The summed E-state index contributed by atoms with van der Waals surface area (Å²) >= 11 is 0. The molecule has 0 radical (unpaired) electrons. The van der Waals surface area contributed by atoms with Crippen LogP contribution in [-0.4, -0.2) is 67.6 Å². The van der Waals surface area contributed by atoms with Crippen molar-refractivity contribution < 1.29 is 38.1 Å². The minimum atomic E-state index is -0.683. The van der Waals surface area contributed by atoms with Crippen LogP contribution < -0.4 is 10.3 Å². The zero-order valence-electron chi connectivity index (χ0n) is 30.2. The second-order valence-corrected chi connectivity index (χ2v) is 15.3. The number of allylic oxidation sites excluding steroid dienone is 1. The molecule has 276 valence electrons. The normalized spacial score (nSPS) is 27.4. The third kappa shape index (κ3) is 5.61. The van der Waals surface area contributed by atoms with Gasteiger partial charge in [-0.3, -0.25) is 9.59 Å². The van der Waals surface area contributed by atoms with Gasteiger partial charge in [0.15, 0.2) is 11.3 Å². The number of anilines is 1. The maximum atomic E-state index is 12.9. The van der Waals surface area contributed by atoms with Gasteiger partial charge < -0.3 is 33.4 Å². The summed E-state index contributed by atoms with van der Waals surface area (Å²) in [7, 11) is 0. The highest BCUT2D eigenvalue weighted by Crippen LogP contribution is 2.63. The molecule has 1 unspecified atom stereocenters. The van der Waals surface area contributed by atoms with Gasteiger partial charge in [0.1, 0.15) is 35.1 Å². The van der Waals surface area contributed by atoms with Gasteiger partial charge in [-0.2, -0.15) is 0 Å². The van der Waals surface area contributed by atoms with Crippen LogP contribution in [-0.2, 0) is 26.1 Å². The molecule has 2 aromatic carbocycles.